The van der Waals surface area contributed by atoms with Crippen LogP contribution in [0.4, 0.5) is 0 Å². The van der Waals surface area contributed by atoms with E-state index in [1.54, 1.807) is 6.07 Å². The molecule has 1 fully saturated rings. The fourth-order valence-electron chi connectivity index (χ4n) is 2.86. The molecule has 0 spiro atoms. The highest BCUT2D eigenvalue weighted by Crippen LogP contribution is 2.30. The van der Waals surface area contributed by atoms with Crippen LogP contribution in [0.3, 0.4) is 0 Å². The molecule has 26 heavy (non-hydrogen) atoms. The highest BCUT2D eigenvalue weighted by molar-refractivity contribution is 6.35. The molecule has 1 aromatic rings. The summed E-state index contributed by atoms with van der Waals surface area (Å²) in [5, 5.41) is 11.8. The van der Waals surface area contributed by atoms with Gasteiger partial charge in [-0.2, -0.15) is 0 Å². The Morgan fingerprint density at radius 3 is 2.42 bits per heavy atom. The molecule has 0 aliphatic heterocycles. The summed E-state index contributed by atoms with van der Waals surface area (Å²) in [5.41, 5.74) is 4.51. The second-order valence-electron chi connectivity index (χ2n) is 6.13. The van der Waals surface area contributed by atoms with E-state index in [0.717, 1.165) is 12.8 Å². The number of rotatable bonds is 5. The molecule has 2 amide bonds. The van der Waals surface area contributed by atoms with Crippen LogP contribution in [-0.4, -0.2) is 23.9 Å². The molecule has 1 saturated carbocycles. The third kappa shape index (κ3) is 5.25. The molecule has 0 radical (unpaired) electrons. The summed E-state index contributed by atoms with van der Waals surface area (Å²) >= 11 is 11.8. The molecular weight excluding hydrogens is 383 g/mol. The zero-order chi connectivity index (χ0) is 19.3. The van der Waals surface area contributed by atoms with Gasteiger partial charge in [0.1, 0.15) is 5.75 Å². The highest BCUT2D eigenvalue weighted by Gasteiger charge is 2.32. The van der Waals surface area contributed by atoms with Crippen LogP contribution >= 0.6 is 23.2 Å². The Labute approximate surface area is 161 Å². The first-order valence-electron chi connectivity index (χ1n) is 8.22. The van der Waals surface area contributed by atoms with E-state index in [1.807, 2.05) is 0 Å². The van der Waals surface area contributed by atoms with Crippen molar-refractivity contribution in [3.63, 3.8) is 0 Å². The summed E-state index contributed by atoms with van der Waals surface area (Å²) in [5.74, 6) is -3.70. The third-order valence-corrected chi connectivity index (χ3v) is 4.81. The summed E-state index contributed by atoms with van der Waals surface area (Å²) in [6, 6.07) is 4.58. The number of carboxylic acid groups (broad SMARTS) is 1. The first kappa shape index (κ1) is 20.3. The van der Waals surface area contributed by atoms with Crippen molar-refractivity contribution in [3.05, 3.63) is 28.2 Å². The molecule has 142 valence electrons. The van der Waals surface area contributed by atoms with Gasteiger partial charge in [-0.1, -0.05) is 36.0 Å². The van der Waals surface area contributed by atoms with Crippen molar-refractivity contribution in [2.45, 2.75) is 38.7 Å². The maximum absolute atomic E-state index is 12.2. The molecule has 1 aliphatic carbocycles. The molecule has 2 N–H and O–H groups in total. The minimum absolute atomic E-state index is 0.250. The Balaban J connectivity index is 1.88. The number of aliphatic carboxylic acids is 1. The van der Waals surface area contributed by atoms with E-state index < -0.39 is 35.7 Å². The Morgan fingerprint density at radius 2 is 1.81 bits per heavy atom. The molecule has 1 aromatic carbocycles. The van der Waals surface area contributed by atoms with E-state index in [4.69, 9.17) is 27.9 Å². The van der Waals surface area contributed by atoms with Gasteiger partial charge < -0.3 is 14.6 Å². The quantitative estimate of drug-likeness (QED) is 0.726. The second kappa shape index (κ2) is 9.09. The molecule has 7 nitrogen and oxygen atoms in total. The minimum atomic E-state index is -1.25. The van der Waals surface area contributed by atoms with E-state index in [9.17, 15) is 19.5 Å². The summed E-state index contributed by atoms with van der Waals surface area (Å²) in [6.07, 6.45) is 1.37. The predicted molar refractivity (Wildman–Crippen MR) is 93.3 cm³/mol. The summed E-state index contributed by atoms with van der Waals surface area (Å²) in [6.45, 7) is 1.48. The number of carboxylic acids is 1. The van der Waals surface area contributed by atoms with Crippen molar-refractivity contribution in [1.82, 2.24) is 10.9 Å². The zero-order valence-electron chi connectivity index (χ0n) is 14.1. The van der Waals surface area contributed by atoms with E-state index in [2.05, 4.69) is 10.9 Å². The second-order valence-corrected chi connectivity index (χ2v) is 6.97. The van der Waals surface area contributed by atoms with Crippen molar-refractivity contribution >= 4 is 41.0 Å². The van der Waals surface area contributed by atoms with Gasteiger partial charge in [-0.15, -0.1) is 0 Å². The molecule has 0 bridgehead atoms. The largest absolute Gasteiger partial charge is 0.550 e. The lowest BCUT2D eigenvalue weighted by Crippen LogP contribution is -2.52. The standard InChI is InChI=1S/C17H20Cl2N2O5/c1-9(26-14-7-6-10(18)8-13(14)19)15(22)20-21-16(23)11-4-2-3-5-12(11)17(24)25/h6-9,11-12H,2-5H2,1H3,(H,20,22)(H,21,23)(H,24,25)/p-1/t9?,11-,12+/m1/s1. The topological polar surface area (TPSA) is 108 Å². The number of hydrazine groups is 1. The summed E-state index contributed by atoms with van der Waals surface area (Å²) < 4.78 is 5.44. The van der Waals surface area contributed by atoms with Crippen LogP contribution in [-0.2, 0) is 14.4 Å². The lowest BCUT2D eigenvalue weighted by atomic mass is 9.79. The fraction of sp³-hybridized carbons (Fsp3) is 0.471. The summed E-state index contributed by atoms with van der Waals surface area (Å²) in [4.78, 5) is 35.4. The van der Waals surface area contributed by atoms with Gasteiger partial charge >= 0.3 is 0 Å². The van der Waals surface area contributed by atoms with Crippen LogP contribution in [0.15, 0.2) is 18.2 Å². The molecule has 1 aliphatic rings. The van der Waals surface area contributed by atoms with Gasteiger partial charge in [-0.25, -0.2) is 0 Å². The van der Waals surface area contributed by atoms with Gasteiger partial charge in [0.15, 0.2) is 6.10 Å². The fourth-order valence-corrected chi connectivity index (χ4v) is 3.31. The van der Waals surface area contributed by atoms with E-state index in [0.29, 0.717) is 17.9 Å². The smallest absolute Gasteiger partial charge is 0.279 e. The van der Waals surface area contributed by atoms with E-state index >= 15 is 0 Å². The van der Waals surface area contributed by atoms with Crippen LogP contribution in [0.1, 0.15) is 32.6 Å². The molecule has 0 saturated heterocycles. The van der Waals surface area contributed by atoms with Crippen LogP contribution in [0.2, 0.25) is 10.0 Å². The SMILES string of the molecule is CC(Oc1ccc(Cl)cc1Cl)C(=O)NNC(=O)[C@@H]1CCCC[C@@H]1C(=O)[O-]. The van der Waals surface area contributed by atoms with Gasteiger partial charge in [-0.3, -0.25) is 20.4 Å². The number of hydrogen-bond acceptors (Lipinski definition) is 5. The van der Waals surface area contributed by atoms with Crippen molar-refractivity contribution in [2.24, 2.45) is 11.8 Å². The number of amides is 2. The average Bonchev–Trinajstić information content (AvgIpc) is 2.61. The normalized spacial score (nSPS) is 20.7. The highest BCUT2D eigenvalue weighted by atomic mass is 35.5. The van der Waals surface area contributed by atoms with Gasteiger partial charge in [-0.05, 0) is 38.0 Å². The maximum atomic E-state index is 12.2. The lowest BCUT2D eigenvalue weighted by Gasteiger charge is -2.31. The molecule has 0 heterocycles. The van der Waals surface area contributed by atoms with Crippen LogP contribution < -0.4 is 20.7 Å². The van der Waals surface area contributed by atoms with Crippen molar-refractivity contribution in [2.75, 3.05) is 0 Å². The number of carbonyl (C=O) groups excluding carboxylic acids is 3. The maximum Gasteiger partial charge on any atom is 0.279 e. The Hall–Kier alpha value is -1.99. The van der Waals surface area contributed by atoms with Crippen molar-refractivity contribution in [3.8, 4) is 5.75 Å². The number of benzene rings is 1. The first-order chi connectivity index (χ1) is 12.3. The van der Waals surface area contributed by atoms with Gasteiger partial charge in [0.25, 0.3) is 5.91 Å². The van der Waals surface area contributed by atoms with Crippen LogP contribution in [0, 0.1) is 11.8 Å². The molecular formula is C17H19Cl2N2O5-. The number of ether oxygens (including phenoxy) is 1. The summed E-state index contributed by atoms with van der Waals surface area (Å²) in [7, 11) is 0. The van der Waals surface area contributed by atoms with Gasteiger partial charge in [0.2, 0.25) is 5.91 Å². The Kier molecular flexibility index (Phi) is 7.11. The van der Waals surface area contributed by atoms with Crippen molar-refractivity contribution < 1.29 is 24.2 Å². The predicted octanol–water partition coefficient (Wildman–Crippen LogP) is 1.46. The van der Waals surface area contributed by atoms with E-state index in [-0.39, 0.29) is 10.8 Å². The Morgan fingerprint density at radius 1 is 1.15 bits per heavy atom. The molecule has 9 heteroatoms. The lowest BCUT2D eigenvalue weighted by molar-refractivity contribution is -0.314. The average molecular weight is 402 g/mol. The zero-order valence-corrected chi connectivity index (χ0v) is 15.6. The minimum Gasteiger partial charge on any atom is -0.550 e. The van der Waals surface area contributed by atoms with Gasteiger partial charge in [0.05, 0.1) is 5.02 Å². The van der Waals surface area contributed by atoms with Crippen LogP contribution in [0.5, 0.6) is 5.75 Å². The van der Waals surface area contributed by atoms with Gasteiger partial charge in [0, 0.05) is 22.8 Å². The molecule has 2 rings (SSSR count). The van der Waals surface area contributed by atoms with E-state index in [1.165, 1.54) is 19.1 Å². The molecule has 0 aromatic heterocycles. The Bertz CT molecular complexity index is 698. The number of halogens is 2. The molecule has 1 unspecified atom stereocenters. The number of nitrogens with one attached hydrogen (secondary N) is 2. The molecule has 3 atom stereocenters. The first-order valence-corrected chi connectivity index (χ1v) is 8.97. The number of hydrogen-bond donors (Lipinski definition) is 2. The van der Waals surface area contributed by atoms with Crippen LogP contribution in [0.25, 0.3) is 0 Å². The number of carbonyl (C=O) groups is 3. The van der Waals surface area contributed by atoms with Crippen molar-refractivity contribution in [1.29, 1.82) is 0 Å². The third-order valence-electron chi connectivity index (χ3n) is 4.28. The monoisotopic (exact) mass is 401 g/mol.